The summed E-state index contributed by atoms with van der Waals surface area (Å²) in [4.78, 5) is 40.0. The molecule has 0 aromatic heterocycles. The molecule has 0 spiro atoms. The van der Waals surface area contributed by atoms with Gasteiger partial charge in [0.2, 0.25) is 5.91 Å². The molecule has 0 saturated heterocycles. The second kappa shape index (κ2) is 15.5. The van der Waals surface area contributed by atoms with Crippen molar-refractivity contribution in [2.24, 2.45) is 0 Å². The fourth-order valence-corrected chi connectivity index (χ4v) is 5.13. The number of rotatable bonds is 12. The maximum Gasteiger partial charge on any atom is 0.272 e. The molecule has 232 valence electrons. The molecule has 0 aliphatic carbocycles. The van der Waals surface area contributed by atoms with Gasteiger partial charge in [-0.1, -0.05) is 36.4 Å². The van der Waals surface area contributed by atoms with Gasteiger partial charge in [0.05, 0.1) is 27.1 Å². The molecule has 0 fully saturated rings. The van der Waals surface area contributed by atoms with Crippen LogP contribution in [0.5, 0.6) is 17.2 Å². The fourth-order valence-electron chi connectivity index (χ4n) is 4.43. The fraction of sp³-hybridized carbons (Fsp3) is 0.171. The van der Waals surface area contributed by atoms with E-state index in [4.69, 9.17) is 14.2 Å². The summed E-state index contributed by atoms with van der Waals surface area (Å²) < 4.78 is 16.3. The molecule has 3 amide bonds. The van der Waals surface area contributed by atoms with Crippen molar-refractivity contribution in [3.8, 4) is 17.2 Å². The van der Waals surface area contributed by atoms with Crippen LogP contribution in [-0.4, -0.2) is 44.8 Å². The van der Waals surface area contributed by atoms with Crippen molar-refractivity contribution in [3.63, 3.8) is 0 Å². The topological polar surface area (TPSA) is 115 Å². The number of para-hydroxylation sites is 1. The molecule has 3 N–H and O–H groups in total. The molecule has 0 heterocycles. The Balaban J connectivity index is 1.51. The highest BCUT2D eigenvalue weighted by molar-refractivity contribution is 8.00. The number of amides is 3. The third kappa shape index (κ3) is 8.67. The molecular formula is C35H35N3O6S. The SMILES string of the molecule is COc1cc(OC)c(OC)cc1/C=C(\NC(=O)c1ccccc1)C(=O)Nc1ccc(SCC(=O)Nc2c(C)cccc2C)cc1. The molecule has 4 rings (SSSR count). The van der Waals surface area contributed by atoms with Crippen molar-refractivity contribution in [3.05, 3.63) is 113 Å². The van der Waals surface area contributed by atoms with Crippen LogP contribution in [0, 0.1) is 13.8 Å². The highest BCUT2D eigenvalue weighted by atomic mass is 32.2. The molecule has 0 aliphatic rings. The molecular weight excluding hydrogens is 590 g/mol. The number of hydrogen-bond donors (Lipinski definition) is 3. The third-order valence-electron chi connectivity index (χ3n) is 6.79. The van der Waals surface area contributed by atoms with Crippen LogP contribution in [0.15, 0.2) is 95.5 Å². The number of methoxy groups -OCH3 is 3. The van der Waals surface area contributed by atoms with Gasteiger partial charge in [0.1, 0.15) is 11.4 Å². The third-order valence-corrected chi connectivity index (χ3v) is 7.80. The first kappa shape index (κ1) is 32.7. The van der Waals surface area contributed by atoms with Crippen LogP contribution in [0.4, 0.5) is 11.4 Å². The zero-order valence-corrected chi connectivity index (χ0v) is 26.5. The minimum absolute atomic E-state index is 0.0176. The van der Waals surface area contributed by atoms with Crippen molar-refractivity contribution < 1.29 is 28.6 Å². The summed E-state index contributed by atoms with van der Waals surface area (Å²) >= 11 is 1.38. The lowest BCUT2D eigenvalue weighted by Gasteiger charge is -2.15. The molecule has 45 heavy (non-hydrogen) atoms. The lowest BCUT2D eigenvalue weighted by Crippen LogP contribution is -2.30. The molecule has 9 nitrogen and oxygen atoms in total. The summed E-state index contributed by atoms with van der Waals surface area (Å²) in [6.45, 7) is 3.92. The van der Waals surface area contributed by atoms with Gasteiger partial charge in [-0.3, -0.25) is 14.4 Å². The molecule has 4 aromatic rings. The first-order valence-electron chi connectivity index (χ1n) is 14.0. The van der Waals surface area contributed by atoms with Gasteiger partial charge < -0.3 is 30.2 Å². The van der Waals surface area contributed by atoms with E-state index >= 15 is 0 Å². The second-order valence-electron chi connectivity index (χ2n) is 9.91. The Morgan fingerprint density at radius 2 is 1.36 bits per heavy atom. The van der Waals surface area contributed by atoms with Gasteiger partial charge in [-0.25, -0.2) is 0 Å². The second-order valence-corrected chi connectivity index (χ2v) is 11.0. The van der Waals surface area contributed by atoms with Crippen molar-refractivity contribution in [2.45, 2.75) is 18.7 Å². The standard InChI is InChI=1S/C35H35N3O6S/c1-22-10-9-11-23(2)33(22)38-32(39)21-45-27-16-14-26(15-17-27)36-35(41)28(37-34(40)24-12-7-6-8-13-24)18-25-19-30(43-4)31(44-5)20-29(25)42-3/h6-20H,21H2,1-5H3,(H,36,41)(H,37,40)(H,38,39)/b28-18-. The monoisotopic (exact) mass is 625 g/mol. The smallest absolute Gasteiger partial charge is 0.272 e. The molecule has 0 saturated carbocycles. The molecule has 10 heteroatoms. The molecule has 4 aromatic carbocycles. The number of carbonyl (C=O) groups is 3. The first-order valence-corrected chi connectivity index (χ1v) is 15.0. The maximum atomic E-state index is 13.5. The molecule has 0 bridgehead atoms. The predicted molar refractivity (Wildman–Crippen MR) is 178 cm³/mol. The zero-order chi connectivity index (χ0) is 32.3. The Bertz CT molecular complexity index is 1680. The van der Waals surface area contributed by atoms with E-state index in [1.165, 1.54) is 39.2 Å². The Hall–Kier alpha value is -5.22. The number of carbonyl (C=O) groups excluding carboxylic acids is 3. The summed E-state index contributed by atoms with van der Waals surface area (Å²) in [6.07, 6.45) is 1.51. The number of hydrogen-bond acceptors (Lipinski definition) is 7. The number of aryl methyl sites for hydroxylation is 2. The predicted octanol–water partition coefficient (Wildman–Crippen LogP) is 6.47. The number of ether oxygens (including phenoxy) is 3. The van der Waals surface area contributed by atoms with E-state index in [2.05, 4.69) is 16.0 Å². The van der Waals surface area contributed by atoms with E-state index in [-0.39, 0.29) is 17.4 Å². The van der Waals surface area contributed by atoms with Crippen LogP contribution in [0.1, 0.15) is 27.0 Å². The Kier molecular flexibility index (Phi) is 11.3. The van der Waals surface area contributed by atoms with E-state index in [1.807, 2.05) is 44.2 Å². The Labute approximate surface area is 267 Å². The summed E-state index contributed by atoms with van der Waals surface area (Å²) in [7, 11) is 4.51. The van der Waals surface area contributed by atoms with Gasteiger partial charge in [0, 0.05) is 33.5 Å². The maximum absolute atomic E-state index is 13.5. The quantitative estimate of drug-likeness (QED) is 0.122. The lowest BCUT2D eigenvalue weighted by atomic mass is 10.1. The van der Waals surface area contributed by atoms with Crippen molar-refractivity contribution in [2.75, 3.05) is 37.7 Å². The average molecular weight is 626 g/mol. The van der Waals surface area contributed by atoms with Crippen LogP contribution in [0.2, 0.25) is 0 Å². The van der Waals surface area contributed by atoms with Crippen LogP contribution < -0.4 is 30.2 Å². The van der Waals surface area contributed by atoms with E-state index in [0.29, 0.717) is 34.1 Å². The number of nitrogens with one attached hydrogen (secondary N) is 3. The van der Waals surface area contributed by atoms with E-state index in [9.17, 15) is 14.4 Å². The van der Waals surface area contributed by atoms with Crippen LogP contribution in [0.3, 0.4) is 0 Å². The minimum atomic E-state index is -0.551. The first-order chi connectivity index (χ1) is 21.7. The summed E-state index contributed by atoms with van der Waals surface area (Å²) in [5.41, 5.74) is 4.20. The van der Waals surface area contributed by atoms with Gasteiger partial charge in [0.25, 0.3) is 11.8 Å². The van der Waals surface area contributed by atoms with E-state index in [1.54, 1.807) is 54.6 Å². The van der Waals surface area contributed by atoms with Crippen molar-refractivity contribution in [1.29, 1.82) is 0 Å². The zero-order valence-electron chi connectivity index (χ0n) is 25.7. The minimum Gasteiger partial charge on any atom is -0.496 e. The van der Waals surface area contributed by atoms with Gasteiger partial charge >= 0.3 is 0 Å². The molecule has 0 atom stereocenters. The lowest BCUT2D eigenvalue weighted by molar-refractivity contribution is -0.114. The van der Waals surface area contributed by atoms with Crippen LogP contribution in [0.25, 0.3) is 6.08 Å². The highest BCUT2D eigenvalue weighted by Gasteiger charge is 2.18. The largest absolute Gasteiger partial charge is 0.496 e. The molecule has 0 aliphatic heterocycles. The number of anilines is 2. The van der Waals surface area contributed by atoms with Crippen LogP contribution in [-0.2, 0) is 9.59 Å². The highest BCUT2D eigenvalue weighted by Crippen LogP contribution is 2.35. The molecule has 0 unspecified atom stereocenters. The summed E-state index contributed by atoms with van der Waals surface area (Å²) in [5, 5.41) is 8.55. The Morgan fingerprint density at radius 1 is 0.733 bits per heavy atom. The van der Waals surface area contributed by atoms with E-state index < -0.39 is 11.8 Å². The average Bonchev–Trinajstić information content (AvgIpc) is 3.05. The summed E-state index contributed by atoms with van der Waals surface area (Å²) in [6, 6.07) is 24.8. The van der Waals surface area contributed by atoms with Gasteiger partial charge in [-0.15, -0.1) is 11.8 Å². The number of benzene rings is 4. The van der Waals surface area contributed by atoms with Gasteiger partial charge in [-0.2, -0.15) is 0 Å². The molecule has 0 radical (unpaired) electrons. The van der Waals surface area contributed by atoms with Crippen LogP contribution >= 0.6 is 11.8 Å². The van der Waals surface area contributed by atoms with Crippen molar-refractivity contribution >= 4 is 46.9 Å². The van der Waals surface area contributed by atoms with Gasteiger partial charge in [-0.05, 0) is 73.5 Å². The Morgan fingerprint density at radius 3 is 1.98 bits per heavy atom. The van der Waals surface area contributed by atoms with Gasteiger partial charge in [0.15, 0.2) is 11.5 Å². The normalized spacial score (nSPS) is 10.9. The van der Waals surface area contributed by atoms with Crippen molar-refractivity contribution in [1.82, 2.24) is 5.32 Å². The van der Waals surface area contributed by atoms with E-state index in [0.717, 1.165) is 21.7 Å². The number of thioether (sulfide) groups is 1. The summed E-state index contributed by atoms with van der Waals surface area (Å²) in [5.74, 6) is 0.400.